The second-order valence-electron chi connectivity index (χ2n) is 9.02. The second kappa shape index (κ2) is 19.3. The minimum atomic E-state index is -3.14. The highest BCUT2D eigenvalue weighted by atomic mass is 16.8. The van der Waals surface area contributed by atoms with Crippen molar-refractivity contribution in [2.24, 2.45) is 0 Å². The normalized spacial score (nSPS) is 21.0. The van der Waals surface area contributed by atoms with Crippen LogP contribution in [-0.2, 0) is 38.1 Å². The molecular weight excluding hydrogens is 652 g/mol. The fourth-order valence-corrected chi connectivity index (χ4v) is 3.11. The van der Waals surface area contributed by atoms with Gasteiger partial charge in [-0.05, 0) is 0 Å². The summed E-state index contributed by atoms with van der Waals surface area (Å²) in [6.07, 6.45) is -40.4. The van der Waals surface area contributed by atoms with Gasteiger partial charge in [0, 0.05) is 0 Å². The summed E-state index contributed by atoms with van der Waals surface area (Å²) in [4.78, 5) is 58.7. The minimum Gasteiger partial charge on any atom is -0.479 e. The maximum absolute atomic E-state index is 12.2. The Kier molecular flexibility index (Phi) is 17.9. The van der Waals surface area contributed by atoms with E-state index in [2.05, 4.69) is 18.9 Å². The van der Waals surface area contributed by atoms with Crippen LogP contribution < -0.4 is 0 Å². The molecule has 25 heteroatoms. The lowest BCUT2D eigenvalue weighted by Gasteiger charge is -2.31. The molecule has 46 heavy (non-hydrogen) atoms. The van der Waals surface area contributed by atoms with E-state index < -0.39 is 129 Å². The van der Waals surface area contributed by atoms with Crippen molar-refractivity contribution in [1.29, 1.82) is 0 Å². The molecule has 0 saturated carbocycles. The smallest absolute Gasteiger partial charge is 0.479 e. The molecule has 0 amide bonds. The number of hydrogen-bond donors (Lipinski definition) is 16. The van der Waals surface area contributed by atoms with E-state index in [0.717, 1.165) is 0 Å². The van der Waals surface area contributed by atoms with Crippen molar-refractivity contribution in [3.8, 4) is 0 Å². The maximum atomic E-state index is 12.2. The lowest BCUT2D eigenvalue weighted by molar-refractivity contribution is -0.246. The largest absolute Gasteiger partial charge is 0.510 e. The number of aliphatic hydroxyl groups excluding tert-OH is 12. The first-order chi connectivity index (χ1) is 21.1. The Morgan fingerprint density at radius 1 is 0.413 bits per heavy atom. The molecule has 0 aliphatic heterocycles. The molecule has 0 aromatic rings. The molecule has 0 aromatic heterocycles. The van der Waals surface area contributed by atoms with Crippen LogP contribution in [0.3, 0.4) is 0 Å². The topological polar surface area (TPSA) is 446 Å². The number of carboxylic acid groups (broad SMARTS) is 4. The Bertz CT molecular complexity index is 930. The van der Waals surface area contributed by atoms with E-state index in [1.807, 2.05) is 0 Å². The quantitative estimate of drug-likeness (QED) is 0.0371. The fraction of sp³-hybridized carbons (Fsp3) is 0.762. The van der Waals surface area contributed by atoms with Crippen LogP contribution in [0.4, 0.5) is 4.79 Å². The third kappa shape index (κ3) is 12.1. The first-order valence-corrected chi connectivity index (χ1v) is 12.3. The molecule has 0 saturated heterocycles. The van der Waals surface area contributed by atoms with Gasteiger partial charge in [0.15, 0.2) is 12.6 Å². The molecule has 16 N–H and O–H groups in total. The van der Waals surface area contributed by atoms with Gasteiger partial charge in [-0.3, -0.25) is 0 Å². The van der Waals surface area contributed by atoms with Gasteiger partial charge in [0.1, 0.15) is 48.8 Å². The number of carbonyl (C=O) groups is 5. The summed E-state index contributed by atoms with van der Waals surface area (Å²) in [5.74, 6) is -9.64. The monoisotopic (exact) mass is 686 g/mol. The zero-order valence-corrected chi connectivity index (χ0v) is 22.8. The van der Waals surface area contributed by atoms with Crippen molar-refractivity contribution < 1.29 is 125 Å². The third-order valence-corrected chi connectivity index (χ3v) is 5.69. The summed E-state index contributed by atoms with van der Waals surface area (Å²) in [5.41, 5.74) is 0. The van der Waals surface area contributed by atoms with Crippen molar-refractivity contribution >= 4 is 30.0 Å². The third-order valence-electron chi connectivity index (χ3n) is 5.69. The molecule has 0 rings (SSSR count). The first kappa shape index (κ1) is 42.6. The molecule has 0 aromatic carbocycles. The molecule has 0 aliphatic rings. The second-order valence-corrected chi connectivity index (χ2v) is 9.02. The number of aliphatic hydroxyl groups is 12. The predicted octanol–water partition coefficient (Wildman–Crippen LogP) is -9.51. The van der Waals surface area contributed by atoms with Crippen molar-refractivity contribution in [3.63, 3.8) is 0 Å². The lowest BCUT2D eigenvalue weighted by Crippen LogP contribution is -2.54. The van der Waals surface area contributed by atoms with Gasteiger partial charge in [0.05, 0.1) is 13.2 Å². The fourth-order valence-electron chi connectivity index (χ4n) is 3.11. The molecule has 0 spiro atoms. The van der Waals surface area contributed by atoms with Crippen molar-refractivity contribution in [2.75, 3.05) is 13.2 Å². The molecule has 0 aliphatic carbocycles. The minimum absolute atomic E-state index is 1.18. The SMILES string of the molecule is O=C(OC(C(=O)O)C(OC(O)[C@@H](O)[C@@H](O)[C@H](O)[C@H](O)CO)C(=O)O)OC(C(=O)O)C(OC(O)[C@@H](O)[C@@H](O)[C@H](O)[C@H](O)CO)C(=O)O. The Morgan fingerprint density at radius 3 is 0.891 bits per heavy atom. The van der Waals surface area contributed by atoms with Crippen LogP contribution in [0.25, 0.3) is 0 Å². The number of hydrogen-bond acceptors (Lipinski definition) is 21. The van der Waals surface area contributed by atoms with Crippen LogP contribution in [0, 0.1) is 0 Å². The summed E-state index contributed by atoms with van der Waals surface area (Å²) in [6, 6.07) is 0. The van der Waals surface area contributed by atoms with E-state index in [4.69, 9.17) is 10.2 Å². The molecule has 0 heterocycles. The number of carboxylic acids is 4. The van der Waals surface area contributed by atoms with E-state index in [1.165, 1.54) is 0 Å². The van der Waals surface area contributed by atoms with Gasteiger partial charge in [0.2, 0.25) is 24.4 Å². The average Bonchev–Trinajstić information content (AvgIpc) is 3.00. The Balaban J connectivity index is 5.96. The van der Waals surface area contributed by atoms with E-state index in [-0.39, 0.29) is 0 Å². The molecule has 14 atom stereocenters. The van der Waals surface area contributed by atoms with Gasteiger partial charge in [0.25, 0.3) is 0 Å². The molecule has 0 fully saturated rings. The van der Waals surface area contributed by atoms with Crippen LogP contribution in [0.2, 0.25) is 0 Å². The number of carbonyl (C=O) groups excluding carboxylic acids is 1. The average molecular weight is 686 g/mol. The highest BCUT2D eigenvalue weighted by Gasteiger charge is 2.46. The van der Waals surface area contributed by atoms with Gasteiger partial charge in [-0.15, -0.1) is 0 Å². The molecule has 6 unspecified atom stereocenters. The summed E-state index contributed by atoms with van der Waals surface area (Å²) < 4.78 is 17.1. The van der Waals surface area contributed by atoms with Crippen molar-refractivity contribution in [1.82, 2.24) is 0 Å². The molecular formula is C21H34O25. The van der Waals surface area contributed by atoms with Crippen LogP contribution >= 0.6 is 0 Å². The van der Waals surface area contributed by atoms with Gasteiger partial charge < -0.3 is 101 Å². The van der Waals surface area contributed by atoms with Crippen LogP contribution in [0.5, 0.6) is 0 Å². The molecule has 25 nitrogen and oxygen atoms in total. The summed E-state index contributed by atoms with van der Waals surface area (Å²) in [6.45, 7) is -2.36. The van der Waals surface area contributed by atoms with Gasteiger partial charge in [-0.25, -0.2) is 24.0 Å². The van der Waals surface area contributed by atoms with Crippen molar-refractivity contribution in [2.45, 2.75) is 85.8 Å². The summed E-state index contributed by atoms with van der Waals surface area (Å²) in [5, 5.41) is 152. The van der Waals surface area contributed by atoms with E-state index in [0.29, 0.717) is 0 Å². The Labute approximate surface area is 254 Å². The van der Waals surface area contributed by atoms with Gasteiger partial charge >= 0.3 is 30.0 Å². The summed E-state index contributed by atoms with van der Waals surface area (Å²) in [7, 11) is 0. The van der Waals surface area contributed by atoms with Crippen LogP contribution in [0.15, 0.2) is 0 Å². The van der Waals surface area contributed by atoms with E-state index >= 15 is 0 Å². The predicted molar refractivity (Wildman–Crippen MR) is 130 cm³/mol. The number of ether oxygens (including phenoxy) is 4. The lowest BCUT2D eigenvalue weighted by atomic mass is 10.0. The highest BCUT2D eigenvalue weighted by molar-refractivity contribution is 5.87. The maximum Gasteiger partial charge on any atom is 0.510 e. The van der Waals surface area contributed by atoms with E-state index in [1.54, 1.807) is 0 Å². The zero-order chi connectivity index (χ0) is 36.2. The molecule has 268 valence electrons. The van der Waals surface area contributed by atoms with Gasteiger partial charge in [-0.1, -0.05) is 0 Å². The molecule has 0 bridgehead atoms. The number of rotatable bonds is 22. The number of aliphatic carboxylic acids is 4. The summed E-state index contributed by atoms with van der Waals surface area (Å²) >= 11 is 0. The van der Waals surface area contributed by atoms with Crippen LogP contribution in [0.1, 0.15) is 0 Å². The van der Waals surface area contributed by atoms with Crippen molar-refractivity contribution in [3.05, 3.63) is 0 Å². The zero-order valence-electron chi connectivity index (χ0n) is 22.8. The van der Waals surface area contributed by atoms with Gasteiger partial charge in [-0.2, -0.15) is 0 Å². The standard InChI is InChI=1S/C21H34O25/c22-1-3(24)5(26)7(28)9(30)19(40)43-11(15(32)33)13(17(36)37)45-21(42)46-14(18(38)39)12(16(34)35)44-20(41)10(31)8(29)6(27)4(25)2-23/h3-14,19-20,22-31,40-41H,1-2H2,(H,32,33)(H,34,35)(H,36,37)(H,38,39)/t3-,4-,5-,6-,7+,8+,9+,10+,11?,12?,13?,14?,19?,20?/m1/s1. The van der Waals surface area contributed by atoms with E-state index in [9.17, 15) is 95.5 Å². The molecule has 0 radical (unpaired) electrons. The Hall–Kier alpha value is -3.41. The van der Waals surface area contributed by atoms with Crippen LogP contribution in [-0.4, -0.2) is 211 Å². The first-order valence-electron chi connectivity index (χ1n) is 12.3. The highest BCUT2D eigenvalue weighted by Crippen LogP contribution is 2.18. The Morgan fingerprint density at radius 2 is 0.674 bits per heavy atom.